The van der Waals surface area contributed by atoms with Crippen molar-refractivity contribution in [3.05, 3.63) is 29.8 Å². The largest absolute Gasteiger partial charge is 0.378 e. The first-order valence-electron chi connectivity index (χ1n) is 9.80. The number of carbonyl (C=O) groups is 2. The number of hydrogen-bond acceptors (Lipinski definition) is 4. The molecule has 2 aliphatic heterocycles. The lowest BCUT2D eigenvalue weighted by Gasteiger charge is -2.49. The molecule has 3 rings (SSSR count). The Morgan fingerprint density at radius 3 is 2.44 bits per heavy atom. The number of carbonyl (C=O) groups excluding carboxylic acids is 2. The van der Waals surface area contributed by atoms with Gasteiger partial charge in [0.25, 0.3) is 0 Å². The van der Waals surface area contributed by atoms with E-state index in [0.717, 1.165) is 50.3 Å². The van der Waals surface area contributed by atoms with Crippen molar-refractivity contribution in [2.45, 2.75) is 31.2 Å². The van der Waals surface area contributed by atoms with Crippen molar-refractivity contribution in [2.75, 3.05) is 59.3 Å². The molecule has 2 saturated heterocycles. The zero-order valence-electron chi connectivity index (χ0n) is 17.1. The van der Waals surface area contributed by atoms with Gasteiger partial charge in [0.05, 0.1) is 6.42 Å². The van der Waals surface area contributed by atoms with Gasteiger partial charge in [-0.3, -0.25) is 14.5 Å². The molecule has 6 nitrogen and oxygen atoms in total. The molecule has 0 radical (unpaired) electrons. The number of benzene rings is 1. The summed E-state index contributed by atoms with van der Waals surface area (Å²) in [4.78, 5) is 33.3. The number of hydrogen-bond donors (Lipinski definition) is 0. The van der Waals surface area contributed by atoms with Crippen LogP contribution in [0.4, 0.5) is 5.69 Å². The first-order valence-corrected chi connectivity index (χ1v) is 9.80. The van der Waals surface area contributed by atoms with Crippen molar-refractivity contribution in [3.8, 4) is 0 Å². The van der Waals surface area contributed by atoms with E-state index >= 15 is 0 Å². The number of anilines is 1. The van der Waals surface area contributed by atoms with Crippen LogP contribution in [-0.4, -0.2) is 86.4 Å². The summed E-state index contributed by atoms with van der Waals surface area (Å²) >= 11 is 0. The molecule has 1 atom stereocenters. The summed E-state index contributed by atoms with van der Waals surface area (Å²) in [5.74, 6) is 0.397. The van der Waals surface area contributed by atoms with Gasteiger partial charge >= 0.3 is 0 Å². The van der Waals surface area contributed by atoms with Crippen LogP contribution in [0, 0.1) is 0 Å². The van der Waals surface area contributed by atoms with Crippen LogP contribution >= 0.6 is 0 Å². The van der Waals surface area contributed by atoms with Crippen molar-refractivity contribution in [1.82, 2.24) is 14.7 Å². The van der Waals surface area contributed by atoms with Gasteiger partial charge in [-0.15, -0.1) is 0 Å². The van der Waals surface area contributed by atoms with Gasteiger partial charge in [0.2, 0.25) is 11.8 Å². The standard InChI is InChI=1S/C21H32N4O2/c1-22(2)18-7-5-17(6-8-18)15-20(27)25-14-13-24(4)21(16-25)10-9-19(26)23(3)12-11-21/h5-8H,9-16H2,1-4H3. The quantitative estimate of drug-likeness (QED) is 0.806. The Balaban J connectivity index is 1.67. The third-order valence-corrected chi connectivity index (χ3v) is 6.30. The van der Waals surface area contributed by atoms with Gasteiger partial charge in [0, 0.05) is 65.0 Å². The second-order valence-corrected chi connectivity index (χ2v) is 8.26. The lowest BCUT2D eigenvalue weighted by molar-refractivity contribution is -0.136. The summed E-state index contributed by atoms with van der Waals surface area (Å²) in [6.07, 6.45) is 2.75. The van der Waals surface area contributed by atoms with Crippen molar-refractivity contribution in [1.29, 1.82) is 0 Å². The fourth-order valence-electron chi connectivity index (χ4n) is 4.17. The molecule has 0 aliphatic carbocycles. The Kier molecular flexibility index (Phi) is 5.75. The van der Waals surface area contributed by atoms with E-state index in [4.69, 9.17) is 0 Å². The average molecular weight is 373 g/mol. The van der Waals surface area contributed by atoms with E-state index in [1.165, 1.54) is 0 Å². The second kappa shape index (κ2) is 7.89. The van der Waals surface area contributed by atoms with E-state index in [1.54, 1.807) is 0 Å². The maximum absolute atomic E-state index is 13.0. The third-order valence-electron chi connectivity index (χ3n) is 6.30. The lowest BCUT2D eigenvalue weighted by atomic mass is 9.86. The first-order chi connectivity index (χ1) is 12.8. The van der Waals surface area contributed by atoms with Crippen LogP contribution in [0.2, 0.25) is 0 Å². The molecular formula is C21H32N4O2. The molecule has 2 heterocycles. The monoisotopic (exact) mass is 372 g/mol. The Morgan fingerprint density at radius 1 is 1.07 bits per heavy atom. The summed E-state index contributed by atoms with van der Waals surface area (Å²) in [5.41, 5.74) is 2.11. The topological polar surface area (TPSA) is 47.1 Å². The van der Waals surface area contributed by atoms with Crippen LogP contribution < -0.4 is 4.90 Å². The van der Waals surface area contributed by atoms with Crippen molar-refractivity contribution in [3.63, 3.8) is 0 Å². The van der Waals surface area contributed by atoms with E-state index in [2.05, 4.69) is 29.0 Å². The lowest BCUT2D eigenvalue weighted by Crippen LogP contribution is -2.62. The molecular weight excluding hydrogens is 340 g/mol. The maximum atomic E-state index is 13.0. The molecule has 1 aromatic carbocycles. The predicted molar refractivity (Wildman–Crippen MR) is 108 cm³/mol. The summed E-state index contributed by atoms with van der Waals surface area (Å²) < 4.78 is 0. The zero-order valence-corrected chi connectivity index (χ0v) is 17.1. The van der Waals surface area contributed by atoms with Crippen LogP contribution in [0.3, 0.4) is 0 Å². The molecule has 2 amide bonds. The summed E-state index contributed by atoms with van der Waals surface area (Å²) in [6, 6.07) is 8.19. The molecule has 0 saturated carbocycles. The fraction of sp³-hybridized carbons (Fsp3) is 0.619. The fourth-order valence-corrected chi connectivity index (χ4v) is 4.17. The SMILES string of the molecule is CN1CCC2(CCC1=O)CN(C(=O)Cc1ccc(N(C)C)cc1)CCN2C. The Morgan fingerprint density at radius 2 is 1.78 bits per heavy atom. The highest BCUT2D eigenvalue weighted by Crippen LogP contribution is 2.32. The minimum absolute atomic E-state index is 0.0802. The third kappa shape index (κ3) is 4.26. The summed E-state index contributed by atoms with van der Waals surface area (Å²) in [5, 5.41) is 0. The maximum Gasteiger partial charge on any atom is 0.227 e. The van der Waals surface area contributed by atoms with Gasteiger partial charge < -0.3 is 14.7 Å². The highest BCUT2D eigenvalue weighted by Gasteiger charge is 2.42. The molecule has 0 N–H and O–H groups in total. The van der Waals surface area contributed by atoms with Crippen LogP contribution in [0.5, 0.6) is 0 Å². The Bertz CT molecular complexity index is 688. The van der Waals surface area contributed by atoms with E-state index in [-0.39, 0.29) is 17.4 Å². The number of likely N-dealkylation sites (N-methyl/N-ethyl adjacent to an activating group) is 1. The molecule has 2 aliphatic rings. The molecule has 1 unspecified atom stereocenters. The zero-order chi connectivity index (χ0) is 19.6. The predicted octanol–water partition coefficient (Wildman–Crippen LogP) is 1.45. The van der Waals surface area contributed by atoms with E-state index < -0.39 is 0 Å². The minimum Gasteiger partial charge on any atom is -0.378 e. The Labute approximate surface area is 162 Å². The Hall–Kier alpha value is -2.08. The van der Waals surface area contributed by atoms with Crippen LogP contribution in [0.15, 0.2) is 24.3 Å². The molecule has 148 valence electrons. The molecule has 6 heteroatoms. The van der Waals surface area contributed by atoms with Crippen molar-refractivity contribution < 1.29 is 9.59 Å². The van der Waals surface area contributed by atoms with Gasteiger partial charge in [-0.2, -0.15) is 0 Å². The van der Waals surface area contributed by atoms with Crippen LogP contribution in [-0.2, 0) is 16.0 Å². The van der Waals surface area contributed by atoms with Gasteiger partial charge in [0.15, 0.2) is 0 Å². The summed E-state index contributed by atoms with van der Waals surface area (Å²) in [7, 11) is 8.04. The highest BCUT2D eigenvalue weighted by atomic mass is 16.2. The van der Waals surface area contributed by atoms with Crippen LogP contribution in [0.1, 0.15) is 24.8 Å². The van der Waals surface area contributed by atoms with Crippen molar-refractivity contribution in [2.24, 2.45) is 0 Å². The number of rotatable bonds is 3. The number of piperazine rings is 1. The average Bonchev–Trinajstić information content (AvgIpc) is 2.79. The van der Waals surface area contributed by atoms with Gasteiger partial charge in [0.1, 0.15) is 0 Å². The molecule has 1 spiro atoms. The molecule has 0 aromatic heterocycles. The first kappa shape index (κ1) is 19.7. The molecule has 0 bridgehead atoms. The second-order valence-electron chi connectivity index (χ2n) is 8.26. The minimum atomic E-state index is -0.0802. The van der Waals surface area contributed by atoms with Crippen molar-refractivity contribution >= 4 is 17.5 Å². The van der Waals surface area contributed by atoms with Crippen LogP contribution in [0.25, 0.3) is 0 Å². The highest BCUT2D eigenvalue weighted by molar-refractivity contribution is 5.79. The molecule has 2 fully saturated rings. The van der Waals surface area contributed by atoms with Gasteiger partial charge in [-0.05, 0) is 37.6 Å². The smallest absolute Gasteiger partial charge is 0.227 e. The van der Waals surface area contributed by atoms with Gasteiger partial charge in [-0.1, -0.05) is 12.1 Å². The molecule has 1 aromatic rings. The number of likely N-dealkylation sites (tertiary alicyclic amines) is 1. The van der Waals surface area contributed by atoms with Gasteiger partial charge in [-0.25, -0.2) is 0 Å². The van der Waals surface area contributed by atoms with E-state index in [9.17, 15) is 9.59 Å². The number of amides is 2. The summed E-state index contributed by atoms with van der Waals surface area (Å²) in [6.45, 7) is 3.11. The van der Waals surface area contributed by atoms with E-state index in [0.29, 0.717) is 12.8 Å². The number of nitrogens with zero attached hydrogens (tertiary/aromatic N) is 4. The van der Waals surface area contributed by atoms with E-state index in [1.807, 2.05) is 43.1 Å². The normalized spacial score (nSPS) is 24.2. The molecule has 27 heavy (non-hydrogen) atoms.